The van der Waals surface area contributed by atoms with Gasteiger partial charge in [-0.2, -0.15) is 12.6 Å². The number of piperidine rings is 1. The van der Waals surface area contributed by atoms with Gasteiger partial charge >= 0.3 is 0 Å². The Morgan fingerprint density at radius 1 is 1.25 bits per heavy atom. The summed E-state index contributed by atoms with van der Waals surface area (Å²) in [5, 5.41) is 0. The van der Waals surface area contributed by atoms with Crippen LogP contribution >= 0.6 is 12.6 Å². The standard InChI is InChI=1S/C14H29NS/c1-5-14(6-2,11-16)10-15-9-7-8-12(3)13(15)4/h12-13,16H,5-11H2,1-4H3. The summed E-state index contributed by atoms with van der Waals surface area (Å²) in [6.07, 6.45) is 5.29. The molecule has 16 heavy (non-hydrogen) atoms. The van der Waals surface area contributed by atoms with Crippen molar-refractivity contribution in [2.75, 3.05) is 18.8 Å². The molecule has 1 fully saturated rings. The summed E-state index contributed by atoms with van der Waals surface area (Å²) in [4.78, 5) is 2.71. The first-order valence-electron chi connectivity index (χ1n) is 6.93. The van der Waals surface area contributed by atoms with E-state index in [1.807, 2.05) is 0 Å². The van der Waals surface area contributed by atoms with Crippen LogP contribution in [0.5, 0.6) is 0 Å². The van der Waals surface area contributed by atoms with Crippen LogP contribution in [0.1, 0.15) is 53.4 Å². The highest BCUT2D eigenvalue weighted by Gasteiger charge is 2.32. The van der Waals surface area contributed by atoms with E-state index in [1.54, 1.807) is 0 Å². The van der Waals surface area contributed by atoms with E-state index >= 15 is 0 Å². The Bertz CT molecular complexity index is 193. The second kappa shape index (κ2) is 6.30. The van der Waals surface area contributed by atoms with Crippen LogP contribution in [0.4, 0.5) is 0 Å². The Morgan fingerprint density at radius 3 is 2.38 bits per heavy atom. The summed E-state index contributed by atoms with van der Waals surface area (Å²) in [6.45, 7) is 12.0. The van der Waals surface area contributed by atoms with Crippen molar-refractivity contribution in [2.45, 2.75) is 59.4 Å². The number of nitrogens with zero attached hydrogens (tertiary/aromatic N) is 1. The van der Waals surface area contributed by atoms with Gasteiger partial charge in [-0.15, -0.1) is 0 Å². The van der Waals surface area contributed by atoms with Crippen molar-refractivity contribution < 1.29 is 0 Å². The maximum atomic E-state index is 4.59. The summed E-state index contributed by atoms with van der Waals surface area (Å²) in [7, 11) is 0. The normalized spacial score (nSPS) is 28.3. The topological polar surface area (TPSA) is 3.24 Å². The summed E-state index contributed by atoms with van der Waals surface area (Å²) >= 11 is 4.59. The lowest BCUT2D eigenvalue weighted by Gasteiger charge is -2.43. The van der Waals surface area contributed by atoms with Gasteiger partial charge in [0, 0.05) is 12.6 Å². The fraction of sp³-hybridized carbons (Fsp3) is 1.00. The van der Waals surface area contributed by atoms with Crippen LogP contribution in [0.2, 0.25) is 0 Å². The molecule has 1 aliphatic heterocycles. The molecule has 2 unspecified atom stereocenters. The zero-order chi connectivity index (χ0) is 12.2. The van der Waals surface area contributed by atoms with Crippen molar-refractivity contribution in [3.8, 4) is 0 Å². The van der Waals surface area contributed by atoms with Gasteiger partial charge in [0.05, 0.1) is 0 Å². The Hall–Kier alpha value is 0.310. The molecule has 0 bridgehead atoms. The van der Waals surface area contributed by atoms with Crippen LogP contribution in [-0.2, 0) is 0 Å². The van der Waals surface area contributed by atoms with Gasteiger partial charge in [0.25, 0.3) is 0 Å². The number of hydrogen-bond donors (Lipinski definition) is 1. The zero-order valence-electron chi connectivity index (χ0n) is 11.5. The Morgan fingerprint density at radius 2 is 1.88 bits per heavy atom. The average Bonchev–Trinajstić information content (AvgIpc) is 2.32. The zero-order valence-corrected chi connectivity index (χ0v) is 12.4. The molecule has 2 atom stereocenters. The molecule has 1 nitrogen and oxygen atoms in total. The quantitative estimate of drug-likeness (QED) is 0.718. The molecule has 1 rings (SSSR count). The van der Waals surface area contributed by atoms with Crippen LogP contribution in [-0.4, -0.2) is 29.8 Å². The minimum Gasteiger partial charge on any atom is -0.300 e. The fourth-order valence-corrected chi connectivity index (χ4v) is 3.37. The third-order valence-corrected chi connectivity index (χ3v) is 5.55. The molecule has 1 aliphatic rings. The van der Waals surface area contributed by atoms with Crippen molar-refractivity contribution in [1.29, 1.82) is 0 Å². The molecule has 1 heterocycles. The maximum Gasteiger partial charge on any atom is 0.00928 e. The smallest absolute Gasteiger partial charge is 0.00928 e. The van der Waals surface area contributed by atoms with Crippen molar-refractivity contribution in [2.24, 2.45) is 11.3 Å². The van der Waals surface area contributed by atoms with Gasteiger partial charge in [-0.3, -0.25) is 4.90 Å². The molecule has 0 saturated carbocycles. The molecule has 1 saturated heterocycles. The molecule has 0 aromatic carbocycles. The first kappa shape index (κ1) is 14.4. The van der Waals surface area contributed by atoms with E-state index in [-0.39, 0.29) is 0 Å². The third-order valence-electron chi connectivity index (χ3n) is 4.88. The van der Waals surface area contributed by atoms with E-state index in [1.165, 1.54) is 38.8 Å². The van der Waals surface area contributed by atoms with Gasteiger partial charge in [-0.05, 0) is 56.2 Å². The lowest BCUT2D eigenvalue weighted by atomic mass is 9.81. The number of likely N-dealkylation sites (tertiary alicyclic amines) is 1. The van der Waals surface area contributed by atoms with Gasteiger partial charge in [0.2, 0.25) is 0 Å². The minimum absolute atomic E-state index is 0.439. The highest BCUT2D eigenvalue weighted by Crippen LogP contribution is 2.32. The van der Waals surface area contributed by atoms with Crippen molar-refractivity contribution in [3.63, 3.8) is 0 Å². The van der Waals surface area contributed by atoms with E-state index in [0.717, 1.165) is 17.7 Å². The fourth-order valence-electron chi connectivity index (χ4n) is 2.82. The number of thiol groups is 1. The van der Waals surface area contributed by atoms with Crippen LogP contribution in [0.15, 0.2) is 0 Å². The first-order chi connectivity index (χ1) is 7.58. The predicted octanol–water partition coefficient (Wildman–Crippen LogP) is 3.84. The first-order valence-corrected chi connectivity index (χ1v) is 7.56. The molecule has 2 heteroatoms. The van der Waals surface area contributed by atoms with Gasteiger partial charge in [-0.25, -0.2) is 0 Å². The maximum absolute atomic E-state index is 4.59. The SMILES string of the molecule is CCC(CC)(CS)CN1CCCC(C)C1C. The minimum atomic E-state index is 0.439. The van der Waals surface area contributed by atoms with Crippen LogP contribution in [0, 0.1) is 11.3 Å². The van der Waals surface area contributed by atoms with E-state index in [0.29, 0.717) is 5.41 Å². The molecule has 0 amide bonds. The lowest BCUT2D eigenvalue weighted by Crippen LogP contribution is -2.48. The monoisotopic (exact) mass is 243 g/mol. The van der Waals surface area contributed by atoms with Crippen molar-refractivity contribution >= 4 is 12.6 Å². The van der Waals surface area contributed by atoms with Crippen LogP contribution in [0.25, 0.3) is 0 Å². The Kier molecular flexibility index (Phi) is 5.66. The summed E-state index contributed by atoms with van der Waals surface area (Å²) < 4.78 is 0. The molecular weight excluding hydrogens is 214 g/mol. The van der Waals surface area contributed by atoms with Crippen molar-refractivity contribution in [1.82, 2.24) is 4.90 Å². The highest BCUT2D eigenvalue weighted by atomic mass is 32.1. The molecule has 0 spiro atoms. The summed E-state index contributed by atoms with van der Waals surface area (Å²) in [5.74, 6) is 1.89. The van der Waals surface area contributed by atoms with E-state index in [2.05, 4.69) is 45.2 Å². The molecular formula is C14H29NS. The number of rotatable bonds is 5. The third kappa shape index (κ3) is 3.16. The number of hydrogen-bond acceptors (Lipinski definition) is 2. The van der Waals surface area contributed by atoms with Crippen molar-refractivity contribution in [3.05, 3.63) is 0 Å². The van der Waals surface area contributed by atoms with Gasteiger partial charge in [-0.1, -0.05) is 20.8 Å². The predicted molar refractivity (Wildman–Crippen MR) is 76.3 cm³/mol. The Labute approximate surface area is 107 Å². The molecule has 0 N–H and O–H groups in total. The molecule has 0 aromatic rings. The van der Waals surface area contributed by atoms with Gasteiger partial charge in [0.15, 0.2) is 0 Å². The highest BCUT2D eigenvalue weighted by molar-refractivity contribution is 7.80. The molecule has 0 aromatic heterocycles. The second-order valence-electron chi connectivity index (χ2n) is 5.70. The van der Waals surface area contributed by atoms with E-state index in [4.69, 9.17) is 0 Å². The second-order valence-corrected chi connectivity index (χ2v) is 6.01. The van der Waals surface area contributed by atoms with E-state index < -0.39 is 0 Å². The molecule has 96 valence electrons. The largest absolute Gasteiger partial charge is 0.300 e. The Balaban J connectivity index is 2.63. The lowest BCUT2D eigenvalue weighted by molar-refractivity contribution is 0.0643. The van der Waals surface area contributed by atoms with Gasteiger partial charge < -0.3 is 0 Å². The average molecular weight is 243 g/mol. The van der Waals surface area contributed by atoms with Crippen LogP contribution in [0.3, 0.4) is 0 Å². The van der Waals surface area contributed by atoms with Crippen LogP contribution < -0.4 is 0 Å². The molecule has 0 radical (unpaired) electrons. The summed E-state index contributed by atoms with van der Waals surface area (Å²) in [6, 6.07) is 0.756. The molecule has 0 aliphatic carbocycles. The van der Waals surface area contributed by atoms with E-state index in [9.17, 15) is 0 Å². The van der Waals surface area contributed by atoms with Gasteiger partial charge in [0.1, 0.15) is 0 Å². The summed E-state index contributed by atoms with van der Waals surface area (Å²) in [5.41, 5.74) is 0.439.